The fourth-order valence-corrected chi connectivity index (χ4v) is 2.17. The van der Waals surface area contributed by atoms with E-state index in [1.165, 1.54) is 6.33 Å². The average Bonchev–Trinajstić information content (AvgIpc) is 2.79. The second kappa shape index (κ2) is 4.16. The first-order valence-corrected chi connectivity index (χ1v) is 6.32. The van der Waals surface area contributed by atoms with Crippen LogP contribution >= 0.6 is 0 Å². The smallest absolute Gasteiger partial charge is 0.181 e. The third kappa shape index (κ3) is 1.99. The summed E-state index contributed by atoms with van der Waals surface area (Å²) in [6, 6.07) is 10.2. The molecule has 0 N–H and O–H groups in total. The fraction of sp³-hybridized carbons (Fsp3) is 0.267. The van der Waals surface area contributed by atoms with E-state index in [1.54, 1.807) is 0 Å². The number of aromatic nitrogens is 4. The van der Waals surface area contributed by atoms with Crippen LogP contribution in [0.4, 0.5) is 0 Å². The first-order valence-electron chi connectivity index (χ1n) is 6.32. The molecule has 1 aromatic carbocycles. The van der Waals surface area contributed by atoms with Crippen LogP contribution in [-0.2, 0) is 5.41 Å². The Hall–Kier alpha value is -2.23. The molecule has 0 atom stereocenters. The summed E-state index contributed by atoms with van der Waals surface area (Å²) in [7, 11) is 0. The Morgan fingerprint density at radius 2 is 1.79 bits per heavy atom. The van der Waals surface area contributed by atoms with Gasteiger partial charge in [-0.3, -0.25) is 4.57 Å². The summed E-state index contributed by atoms with van der Waals surface area (Å²) < 4.78 is 2.13. The van der Waals surface area contributed by atoms with E-state index in [9.17, 15) is 0 Å². The standard InChI is InChI=1S/C15H16N4/c1-15(2,3)14-18-13-12(9-16-10-17-13)19(14)11-7-5-4-6-8-11/h4-10H,1-3H3. The molecular weight excluding hydrogens is 236 g/mol. The molecule has 0 fully saturated rings. The van der Waals surface area contributed by atoms with Crippen LogP contribution < -0.4 is 0 Å². The number of fused-ring (bicyclic) bond motifs is 1. The van der Waals surface area contributed by atoms with Gasteiger partial charge in [0.1, 0.15) is 17.7 Å². The molecular formula is C15H16N4. The fourth-order valence-electron chi connectivity index (χ4n) is 2.17. The molecule has 2 aromatic heterocycles. The van der Waals surface area contributed by atoms with Crippen LogP contribution in [0.15, 0.2) is 42.9 Å². The maximum Gasteiger partial charge on any atom is 0.181 e. The van der Waals surface area contributed by atoms with Crippen LogP contribution in [0.2, 0.25) is 0 Å². The SMILES string of the molecule is CC(C)(C)c1nc2ncncc2n1-c1ccccc1. The molecule has 4 heteroatoms. The Labute approximate surface area is 112 Å². The molecule has 0 amide bonds. The first-order chi connectivity index (χ1) is 9.07. The molecule has 0 unspecified atom stereocenters. The van der Waals surface area contributed by atoms with Crippen LogP contribution in [0, 0.1) is 0 Å². The highest BCUT2D eigenvalue weighted by molar-refractivity contribution is 5.73. The molecule has 19 heavy (non-hydrogen) atoms. The maximum absolute atomic E-state index is 4.67. The Kier molecular flexibility index (Phi) is 2.59. The van der Waals surface area contributed by atoms with Gasteiger partial charge in [0.15, 0.2) is 5.65 Å². The molecule has 4 nitrogen and oxygen atoms in total. The van der Waals surface area contributed by atoms with Crippen molar-refractivity contribution in [2.45, 2.75) is 26.2 Å². The lowest BCUT2D eigenvalue weighted by Gasteiger charge is -2.20. The molecule has 0 aliphatic rings. The molecule has 0 aliphatic carbocycles. The second-order valence-corrected chi connectivity index (χ2v) is 5.59. The highest BCUT2D eigenvalue weighted by Crippen LogP contribution is 2.28. The average molecular weight is 252 g/mol. The van der Waals surface area contributed by atoms with E-state index < -0.39 is 0 Å². The molecule has 96 valence electrons. The van der Waals surface area contributed by atoms with Crippen molar-refractivity contribution in [2.75, 3.05) is 0 Å². The zero-order valence-electron chi connectivity index (χ0n) is 11.3. The number of hydrogen-bond donors (Lipinski definition) is 0. The summed E-state index contributed by atoms with van der Waals surface area (Å²) >= 11 is 0. The van der Waals surface area contributed by atoms with Crippen LogP contribution in [0.1, 0.15) is 26.6 Å². The van der Waals surface area contributed by atoms with Crippen molar-refractivity contribution in [2.24, 2.45) is 0 Å². The molecule has 0 aliphatic heterocycles. The van der Waals surface area contributed by atoms with Crippen molar-refractivity contribution in [1.82, 2.24) is 19.5 Å². The minimum absolute atomic E-state index is 0.0590. The Morgan fingerprint density at radius 3 is 2.47 bits per heavy atom. The minimum Gasteiger partial charge on any atom is -0.293 e. The first kappa shape index (κ1) is 11.8. The number of benzene rings is 1. The van der Waals surface area contributed by atoms with E-state index in [2.05, 4.69) is 52.4 Å². The highest BCUT2D eigenvalue weighted by atomic mass is 15.1. The minimum atomic E-state index is -0.0590. The molecule has 2 heterocycles. The molecule has 0 saturated heterocycles. The van der Waals surface area contributed by atoms with Crippen molar-refractivity contribution in [1.29, 1.82) is 0 Å². The van der Waals surface area contributed by atoms with Gasteiger partial charge in [0.2, 0.25) is 0 Å². The van der Waals surface area contributed by atoms with E-state index in [-0.39, 0.29) is 5.41 Å². The van der Waals surface area contributed by atoms with Gasteiger partial charge in [0, 0.05) is 11.1 Å². The van der Waals surface area contributed by atoms with Crippen molar-refractivity contribution >= 4 is 11.2 Å². The quantitative estimate of drug-likeness (QED) is 0.668. The van der Waals surface area contributed by atoms with Gasteiger partial charge >= 0.3 is 0 Å². The number of nitrogens with zero attached hydrogens (tertiary/aromatic N) is 4. The predicted octanol–water partition coefficient (Wildman–Crippen LogP) is 3.11. The summed E-state index contributed by atoms with van der Waals surface area (Å²) in [4.78, 5) is 13.1. The number of imidazole rings is 1. The number of hydrogen-bond acceptors (Lipinski definition) is 3. The zero-order chi connectivity index (χ0) is 13.5. The topological polar surface area (TPSA) is 43.6 Å². The van der Waals surface area contributed by atoms with Gasteiger partial charge in [-0.1, -0.05) is 39.0 Å². The second-order valence-electron chi connectivity index (χ2n) is 5.59. The number of para-hydroxylation sites is 1. The predicted molar refractivity (Wildman–Crippen MR) is 75.4 cm³/mol. The van der Waals surface area contributed by atoms with Crippen molar-refractivity contribution in [3.8, 4) is 5.69 Å². The third-order valence-corrected chi connectivity index (χ3v) is 3.02. The van der Waals surface area contributed by atoms with Gasteiger partial charge in [0.25, 0.3) is 0 Å². The lowest BCUT2D eigenvalue weighted by atomic mass is 9.95. The van der Waals surface area contributed by atoms with E-state index in [4.69, 9.17) is 0 Å². The molecule has 3 aromatic rings. The van der Waals surface area contributed by atoms with Gasteiger partial charge in [-0.2, -0.15) is 0 Å². The van der Waals surface area contributed by atoms with Crippen LogP contribution in [0.3, 0.4) is 0 Å². The van der Waals surface area contributed by atoms with Crippen molar-refractivity contribution in [3.63, 3.8) is 0 Å². The van der Waals surface area contributed by atoms with Gasteiger partial charge < -0.3 is 0 Å². The maximum atomic E-state index is 4.67. The van der Waals surface area contributed by atoms with E-state index in [0.29, 0.717) is 0 Å². The van der Waals surface area contributed by atoms with E-state index in [1.807, 2.05) is 24.4 Å². The van der Waals surface area contributed by atoms with Crippen molar-refractivity contribution in [3.05, 3.63) is 48.7 Å². The zero-order valence-corrected chi connectivity index (χ0v) is 11.3. The highest BCUT2D eigenvalue weighted by Gasteiger charge is 2.24. The van der Waals surface area contributed by atoms with Crippen molar-refractivity contribution < 1.29 is 0 Å². The monoisotopic (exact) mass is 252 g/mol. The molecule has 0 saturated carbocycles. The van der Waals surface area contributed by atoms with Gasteiger partial charge in [-0.15, -0.1) is 0 Å². The largest absolute Gasteiger partial charge is 0.293 e. The van der Waals surface area contributed by atoms with Crippen LogP contribution in [-0.4, -0.2) is 19.5 Å². The van der Waals surface area contributed by atoms with E-state index >= 15 is 0 Å². The summed E-state index contributed by atoms with van der Waals surface area (Å²) in [5.74, 6) is 0.995. The summed E-state index contributed by atoms with van der Waals surface area (Å²) in [6.07, 6.45) is 3.36. The third-order valence-electron chi connectivity index (χ3n) is 3.02. The summed E-state index contributed by atoms with van der Waals surface area (Å²) in [6.45, 7) is 6.46. The molecule has 0 spiro atoms. The molecule has 0 radical (unpaired) electrons. The Balaban J connectivity index is 2.38. The normalized spacial score (nSPS) is 11.9. The van der Waals surface area contributed by atoms with E-state index in [0.717, 1.165) is 22.7 Å². The molecule has 3 rings (SSSR count). The van der Waals surface area contributed by atoms with Crippen LogP contribution in [0.25, 0.3) is 16.9 Å². The Bertz CT molecular complexity index is 708. The summed E-state index contributed by atoms with van der Waals surface area (Å²) in [5.41, 5.74) is 2.71. The summed E-state index contributed by atoms with van der Waals surface area (Å²) in [5, 5.41) is 0. The lowest BCUT2D eigenvalue weighted by Crippen LogP contribution is -2.18. The Morgan fingerprint density at radius 1 is 1.05 bits per heavy atom. The lowest BCUT2D eigenvalue weighted by molar-refractivity contribution is 0.539. The van der Waals surface area contributed by atoms with Gasteiger partial charge in [0.05, 0.1) is 6.20 Å². The van der Waals surface area contributed by atoms with Gasteiger partial charge in [-0.25, -0.2) is 15.0 Å². The van der Waals surface area contributed by atoms with Crippen LogP contribution in [0.5, 0.6) is 0 Å². The molecule has 0 bridgehead atoms. The van der Waals surface area contributed by atoms with Gasteiger partial charge in [-0.05, 0) is 12.1 Å². The number of rotatable bonds is 1.